The molecular weight excluding hydrogens is 610 g/mol. The maximum absolute atomic E-state index is 13.1. The molecule has 0 spiro atoms. The van der Waals surface area contributed by atoms with Gasteiger partial charge in [-0.1, -0.05) is 49.6 Å². The van der Waals surface area contributed by atoms with Crippen molar-refractivity contribution in [2.75, 3.05) is 7.11 Å². The number of alkyl halides is 6. The number of aliphatic hydroxyl groups is 3. The van der Waals surface area contributed by atoms with Crippen molar-refractivity contribution in [1.82, 2.24) is 0 Å². The number of rotatable bonds is 7. The summed E-state index contributed by atoms with van der Waals surface area (Å²) in [4.78, 5) is 22.9. The van der Waals surface area contributed by atoms with Crippen LogP contribution < -0.4 is 0 Å². The smallest absolute Gasteiger partial charge is 0.417 e. The highest BCUT2D eigenvalue weighted by atomic mass is 19.4. The van der Waals surface area contributed by atoms with Crippen molar-refractivity contribution in [3.63, 3.8) is 0 Å². The number of carbonyl (C=O) groups excluding carboxylic acids is 2. The molecule has 1 aliphatic rings. The fourth-order valence-electron chi connectivity index (χ4n) is 4.60. The number of aliphatic hydroxyl groups excluding tert-OH is 1. The van der Waals surface area contributed by atoms with Crippen LogP contribution in [0.5, 0.6) is 0 Å². The molecule has 2 aromatic carbocycles. The van der Waals surface area contributed by atoms with Gasteiger partial charge in [0, 0.05) is 30.1 Å². The quantitative estimate of drug-likeness (QED) is 0.176. The predicted molar refractivity (Wildman–Crippen MR) is 156 cm³/mol. The first-order valence-corrected chi connectivity index (χ1v) is 13.8. The molecule has 0 amide bonds. The fraction of sp³-hybridized carbons (Fsp3) is 0.500. The number of fused-ring (bicyclic) bond motifs is 1. The van der Waals surface area contributed by atoms with E-state index >= 15 is 0 Å². The lowest BCUT2D eigenvalue weighted by molar-refractivity contribution is -0.299. The maximum atomic E-state index is 13.1. The van der Waals surface area contributed by atoms with Crippen LogP contribution in [-0.2, 0) is 25.7 Å². The number of halogens is 6. The van der Waals surface area contributed by atoms with E-state index in [9.17, 15) is 46.1 Å². The summed E-state index contributed by atoms with van der Waals surface area (Å²) in [5.41, 5.74) is -5.28. The van der Waals surface area contributed by atoms with Gasteiger partial charge in [-0.3, -0.25) is 0 Å². The van der Waals surface area contributed by atoms with E-state index < -0.39 is 66.7 Å². The van der Waals surface area contributed by atoms with E-state index in [0.717, 1.165) is 18.1 Å². The highest BCUT2D eigenvalue weighted by Crippen LogP contribution is 2.50. The summed E-state index contributed by atoms with van der Waals surface area (Å²) in [6.45, 7) is 11.0. The molecule has 2 aromatic rings. The Morgan fingerprint density at radius 3 is 1.64 bits per heavy atom. The van der Waals surface area contributed by atoms with Gasteiger partial charge in [-0.05, 0) is 69.4 Å². The van der Waals surface area contributed by atoms with E-state index in [1.165, 1.54) is 12.3 Å². The minimum atomic E-state index is -5.10. The lowest BCUT2D eigenvalue weighted by Gasteiger charge is -2.46. The maximum Gasteiger partial charge on any atom is 0.417 e. The molecular formula is C32H40F6O7. The van der Waals surface area contributed by atoms with Gasteiger partial charge < -0.3 is 24.8 Å². The van der Waals surface area contributed by atoms with Gasteiger partial charge in [0.15, 0.2) is 11.2 Å². The predicted octanol–water partition coefficient (Wildman–Crippen LogP) is 6.58. The van der Waals surface area contributed by atoms with Gasteiger partial charge in [-0.25, -0.2) is 9.59 Å². The second-order valence-electron chi connectivity index (χ2n) is 11.2. The van der Waals surface area contributed by atoms with E-state index in [4.69, 9.17) is 14.6 Å². The highest BCUT2D eigenvalue weighted by Gasteiger charge is 2.61. The van der Waals surface area contributed by atoms with Crippen LogP contribution in [0, 0.1) is 11.8 Å². The first kappa shape index (κ1) is 39.6. The number of benzene rings is 2. The molecule has 4 atom stereocenters. The van der Waals surface area contributed by atoms with Gasteiger partial charge in [0.05, 0.1) is 0 Å². The first-order valence-electron chi connectivity index (χ1n) is 13.8. The molecule has 1 aliphatic carbocycles. The summed E-state index contributed by atoms with van der Waals surface area (Å²) < 4.78 is 88.9. The molecule has 0 heterocycles. The average molecular weight is 651 g/mol. The zero-order valence-corrected chi connectivity index (χ0v) is 25.8. The van der Waals surface area contributed by atoms with Gasteiger partial charge >= 0.3 is 24.3 Å². The fourth-order valence-corrected chi connectivity index (χ4v) is 4.60. The largest absolute Gasteiger partial charge is 0.459 e. The number of hydrogen-bond acceptors (Lipinski definition) is 7. The van der Waals surface area contributed by atoms with Crippen molar-refractivity contribution < 1.29 is 60.7 Å². The summed E-state index contributed by atoms with van der Waals surface area (Å²) in [7, 11) is 1.00. The Balaban J connectivity index is 0.000000458. The Morgan fingerprint density at radius 1 is 0.778 bits per heavy atom. The van der Waals surface area contributed by atoms with Gasteiger partial charge in [-0.15, -0.1) is 0 Å². The van der Waals surface area contributed by atoms with Crippen molar-refractivity contribution in [1.29, 1.82) is 0 Å². The summed E-state index contributed by atoms with van der Waals surface area (Å²) in [5.74, 6) is -4.71. The molecule has 3 N–H and O–H groups in total. The minimum absolute atomic E-state index is 0.0752. The number of ether oxygens (including phenoxy) is 2. The number of hydrogen-bond donors (Lipinski definition) is 3. The number of esters is 2. The second kappa shape index (κ2) is 15.7. The third-order valence-corrected chi connectivity index (χ3v) is 7.56. The van der Waals surface area contributed by atoms with Crippen molar-refractivity contribution in [2.45, 2.75) is 83.2 Å². The molecule has 3 rings (SSSR count). The van der Waals surface area contributed by atoms with Gasteiger partial charge in [0.1, 0.15) is 12.7 Å². The molecule has 0 radical (unpaired) electrons. The molecule has 252 valence electrons. The summed E-state index contributed by atoms with van der Waals surface area (Å²) in [6, 6.07) is 14.1. The molecule has 1 saturated carbocycles. The number of carbonyl (C=O) groups is 2. The SMILES string of the molecule is C=C(C)C(=O)OC1CC(C(C)(O)C(F)(F)F)CC(C(C)(O)C(F)(F)F)C1.C=C(C)C(=O)OCc1ccc2ccccc2c1.CO. The third kappa shape index (κ3) is 10.6. The standard InChI is InChI=1S/C16H22F6O4.C15H14O2.CH4O/c1-8(2)12(23)26-11-6-9(13(3,24)15(17,18)19)5-10(7-11)14(4,25)16(20,21)22;1-11(2)15(16)17-10-12-7-8-13-5-3-4-6-14(13)9-12;1-2/h9-11,24-25H,1,5-7H2,2-4H3;3-9H,1,10H2,2H3;2H,1H3. The summed E-state index contributed by atoms with van der Waals surface area (Å²) >= 11 is 0. The molecule has 13 heteroatoms. The molecule has 4 unspecified atom stereocenters. The minimum Gasteiger partial charge on any atom is -0.459 e. The van der Waals surface area contributed by atoms with Crippen LogP contribution in [0.1, 0.15) is 52.5 Å². The Bertz CT molecular complexity index is 1300. The molecule has 1 fully saturated rings. The molecule has 0 aromatic heterocycles. The van der Waals surface area contributed by atoms with Crippen LogP contribution in [0.2, 0.25) is 0 Å². The summed E-state index contributed by atoms with van der Waals surface area (Å²) in [5, 5.41) is 29.1. The van der Waals surface area contributed by atoms with Crippen molar-refractivity contribution >= 4 is 22.7 Å². The van der Waals surface area contributed by atoms with Crippen LogP contribution >= 0.6 is 0 Å². The Kier molecular flexibility index (Phi) is 13.8. The van der Waals surface area contributed by atoms with Crippen LogP contribution in [0.15, 0.2) is 66.8 Å². The van der Waals surface area contributed by atoms with E-state index in [1.807, 2.05) is 36.4 Å². The van der Waals surface area contributed by atoms with Crippen molar-refractivity contribution in [2.24, 2.45) is 11.8 Å². The Hall–Kier alpha value is -3.42. The average Bonchev–Trinajstić information content (AvgIpc) is 2.95. The van der Waals surface area contributed by atoms with Crippen LogP contribution in [0.4, 0.5) is 26.3 Å². The molecule has 0 saturated heterocycles. The Morgan fingerprint density at radius 2 is 1.22 bits per heavy atom. The normalized spacial score (nSPS) is 21.0. The monoisotopic (exact) mass is 650 g/mol. The Labute approximate surface area is 258 Å². The second-order valence-corrected chi connectivity index (χ2v) is 11.2. The van der Waals surface area contributed by atoms with E-state index in [-0.39, 0.29) is 18.1 Å². The van der Waals surface area contributed by atoms with E-state index in [1.54, 1.807) is 6.92 Å². The first-order chi connectivity index (χ1) is 20.6. The van der Waals surface area contributed by atoms with Crippen LogP contribution in [-0.4, -0.2) is 64.0 Å². The van der Waals surface area contributed by atoms with Gasteiger partial charge in [0.2, 0.25) is 0 Å². The molecule has 7 nitrogen and oxygen atoms in total. The van der Waals surface area contributed by atoms with Gasteiger partial charge in [0.25, 0.3) is 0 Å². The zero-order valence-electron chi connectivity index (χ0n) is 25.8. The van der Waals surface area contributed by atoms with E-state index in [2.05, 4.69) is 19.2 Å². The molecule has 0 bridgehead atoms. The summed E-state index contributed by atoms with van der Waals surface area (Å²) in [6.07, 6.45) is -13.3. The van der Waals surface area contributed by atoms with E-state index in [0.29, 0.717) is 19.4 Å². The lowest BCUT2D eigenvalue weighted by Crippen LogP contribution is -2.57. The zero-order chi connectivity index (χ0) is 35.0. The third-order valence-electron chi connectivity index (χ3n) is 7.56. The van der Waals surface area contributed by atoms with Crippen LogP contribution in [0.25, 0.3) is 10.8 Å². The molecule has 0 aliphatic heterocycles. The lowest BCUT2D eigenvalue weighted by atomic mass is 9.67. The van der Waals surface area contributed by atoms with Crippen molar-refractivity contribution in [3.8, 4) is 0 Å². The van der Waals surface area contributed by atoms with Crippen LogP contribution in [0.3, 0.4) is 0 Å². The molecule has 45 heavy (non-hydrogen) atoms. The topological polar surface area (TPSA) is 113 Å². The highest BCUT2D eigenvalue weighted by molar-refractivity contribution is 5.87. The van der Waals surface area contributed by atoms with Gasteiger partial charge in [-0.2, -0.15) is 26.3 Å². The van der Waals surface area contributed by atoms with Crippen molar-refractivity contribution in [3.05, 3.63) is 72.3 Å².